The van der Waals surface area contributed by atoms with Gasteiger partial charge in [-0.15, -0.1) is 0 Å². The van der Waals surface area contributed by atoms with E-state index in [0.717, 1.165) is 30.7 Å². The maximum Gasteiger partial charge on any atom is 0.0413 e. The Labute approximate surface area is 137 Å². The summed E-state index contributed by atoms with van der Waals surface area (Å²) < 4.78 is 1.16. The Morgan fingerprint density at radius 3 is 2.52 bits per heavy atom. The van der Waals surface area contributed by atoms with Crippen LogP contribution < -0.4 is 10.2 Å². The van der Waals surface area contributed by atoms with Crippen molar-refractivity contribution in [3.63, 3.8) is 0 Å². The predicted octanol–water partition coefficient (Wildman–Crippen LogP) is 3.48. The number of halogens is 1. The molecule has 0 radical (unpaired) electrons. The molecular formula is C17H28BrN3. The molecule has 1 saturated heterocycles. The smallest absolute Gasteiger partial charge is 0.0413 e. The largest absolute Gasteiger partial charge is 0.369 e. The third-order valence-corrected chi connectivity index (χ3v) is 4.97. The summed E-state index contributed by atoms with van der Waals surface area (Å²) in [7, 11) is 0. The zero-order valence-corrected chi connectivity index (χ0v) is 15.1. The number of rotatable bonds is 6. The molecule has 1 aromatic rings. The highest BCUT2D eigenvalue weighted by molar-refractivity contribution is 9.10. The lowest BCUT2D eigenvalue weighted by atomic mass is 10.1. The molecule has 1 heterocycles. The van der Waals surface area contributed by atoms with Crippen LogP contribution in [0.2, 0.25) is 0 Å². The predicted molar refractivity (Wildman–Crippen MR) is 95.1 cm³/mol. The molecule has 118 valence electrons. The molecule has 0 bridgehead atoms. The quantitative estimate of drug-likeness (QED) is 0.844. The molecule has 0 aliphatic carbocycles. The van der Waals surface area contributed by atoms with Crippen LogP contribution in [0.5, 0.6) is 0 Å². The van der Waals surface area contributed by atoms with Crippen LogP contribution in [0.25, 0.3) is 0 Å². The highest BCUT2D eigenvalue weighted by Gasteiger charge is 2.21. The topological polar surface area (TPSA) is 18.5 Å². The average Bonchev–Trinajstić information content (AvgIpc) is 2.52. The molecule has 0 aromatic heterocycles. The minimum atomic E-state index is 0.707. The molecule has 21 heavy (non-hydrogen) atoms. The zero-order chi connectivity index (χ0) is 15.2. The van der Waals surface area contributed by atoms with Crippen LogP contribution in [-0.2, 0) is 6.54 Å². The van der Waals surface area contributed by atoms with Crippen LogP contribution in [0, 0.1) is 0 Å². The molecule has 1 aliphatic heterocycles. The Hall–Kier alpha value is -0.580. The second-order valence-corrected chi connectivity index (χ2v) is 6.75. The molecule has 1 unspecified atom stereocenters. The Morgan fingerprint density at radius 1 is 1.19 bits per heavy atom. The number of anilines is 1. The van der Waals surface area contributed by atoms with Crippen LogP contribution in [-0.4, -0.2) is 43.7 Å². The summed E-state index contributed by atoms with van der Waals surface area (Å²) in [4.78, 5) is 5.15. The molecule has 4 heteroatoms. The van der Waals surface area contributed by atoms with Crippen molar-refractivity contribution in [2.24, 2.45) is 0 Å². The van der Waals surface area contributed by atoms with E-state index in [1.165, 1.54) is 30.8 Å². The Balaban J connectivity index is 2.05. The SMILES string of the molecule is CCNCc1cc(Br)ccc1N1CCN(C(C)CC)CC1. The van der Waals surface area contributed by atoms with E-state index < -0.39 is 0 Å². The van der Waals surface area contributed by atoms with Gasteiger partial charge in [-0.2, -0.15) is 0 Å². The minimum absolute atomic E-state index is 0.707. The summed E-state index contributed by atoms with van der Waals surface area (Å²) in [5, 5.41) is 3.45. The van der Waals surface area contributed by atoms with Gasteiger partial charge < -0.3 is 10.2 Å². The van der Waals surface area contributed by atoms with E-state index >= 15 is 0 Å². The van der Waals surface area contributed by atoms with Gasteiger partial charge in [0.15, 0.2) is 0 Å². The first-order valence-electron chi connectivity index (χ1n) is 8.13. The summed E-state index contributed by atoms with van der Waals surface area (Å²) in [6, 6.07) is 7.37. The highest BCUT2D eigenvalue weighted by Crippen LogP contribution is 2.26. The Kier molecular flexibility index (Phi) is 6.52. The monoisotopic (exact) mass is 353 g/mol. The molecular weight excluding hydrogens is 326 g/mol. The van der Waals surface area contributed by atoms with Crippen LogP contribution in [0.1, 0.15) is 32.8 Å². The van der Waals surface area contributed by atoms with Crippen LogP contribution in [0.3, 0.4) is 0 Å². The van der Waals surface area contributed by atoms with Gasteiger partial charge in [-0.1, -0.05) is 29.8 Å². The molecule has 1 atom stereocenters. The minimum Gasteiger partial charge on any atom is -0.369 e. The van der Waals surface area contributed by atoms with Gasteiger partial charge in [-0.25, -0.2) is 0 Å². The number of hydrogen-bond acceptors (Lipinski definition) is 3. The van der Waals surface area contributed by atoms with Crippen molar-refractivity contribution in [3.8, 4) is 0 Å². The van der Waals surface area contributed by atoms with Gasteiger partial charge in [0.05, 0.1) is 0 Å². The van der Waals surface area contributed by atoms with Crippen molar-refractivity contribution < 1.29 is 0 Å². The first-order valence-corrected chi connectivity index (χ1v) is 8.93. The summed E-state index contributed by atoms with van der Waals surface area (Å²) in [6.07, 6.45) is 1.24. The molecule has 2 rings (SSSR count). The van der Waals surface area contributed by atoms with Gasteiger partial charge >= 0.3 is 0 Å². The number of nitrogens with one attached hydrogen (secondary N) is 1. The van der Waals surface area contributed by atoms with E-state index in [-0.39, 0.29) is 0 Å². The summed E-state index contributed by atoms with van der Waals surface area (Å²) in [5.41, 5.74) is 2.78. The lowest BCUT2D eigenvalue weighted by Crippen LogP contribution is -2.49. The highest BCUT2D eigenvalue weighted by atomic mass is 79.9. The molecule has 3 nitrogen and oxygen atoms in total. The fourth-order valence-electron chi connectivity index (χ4n) is 2.93. The second kappa shape index (κ2) is 8.16. The van der Waals surface area contributed by atoms with Gasteiger partial charge in [-0.05, 0) is 43.7 Å². The fourth-order valence-corrected chi connectivity index (χ4v) is 3.33. The average molecular weight is 354 g/mol. The first kappa shape index (κ1) is 16.8. The Morgan fingerprint density at radius 2 is 1.90 bits per heavy atom. The van der Waals surface area contributed by atoms with Crippen molar-refractivity contribution in [2.45, 2.75) is 39.8 Å². The maximum atomic E-state index is 3.60. The van der Waals surface area contributed by atoms with Crippen molar-refractivity contribution in [1.82, 2.24) is 10.2 Å². The van der Waals surface area contributed by atoms with E-state index in [1.807, 2.05) is 0 Å². The van der Waals surface area contributed by atoms with Crippen molar-refractivity contribution in [3.05, 3.63) is 28.2 Å². The molecule has 1 N–H and O–H groups in total. The number of piperazine rings is 1. The summed E-state index contributed by atoms with van der Waals surface area (Å²) in [6.45, 7) is 13.3. The standard InChI is InChI=1S/C17H28BrN3/c1-4-14(3)20-8-10-21(11-9-20)17-7-6-16(18)12-15(17)13-19-5-2/h6-7,12,14,19H,4-5,8-11,13H2,1-3H3. The molecule has 1 aliphatic rings. The van der Waals surface area contributed by atoms with Gasteiger partial charge in [0.25, 0.3) is 0 Å². The van der Waals surface area contributed by atoms with E-state index in [0.29, 0.717) is 6.04 Å². The van der Waals surface area contributed by atoms with Gasteiger partial charge in [0, 0.05) is 48.9 Å². The molecule has 0 saturated carbocycles. The third-order valence-electron chi connectivity index (χ3n) is 4.48. The number of hydrogen-bond donors (Lipinski definition) is 1. The third kappa shape index (κ3) is 4.44. The van der Waals surface area contributed by atoms with E-state index in [2.05, 4.69) is 70.0 Å². The normalized spacial score (nSPS) is 18.0. The van der Waals surface area contributed by atoms with Crippen molar-refractivity contribution in [2.75, 3.05) is 37.6 Å². The van der Waals surface area contributed by atoms with Gasteiger partial charge in [0.1, 0.15) is 0 Å². The fraction of sp³-hybridized carbons (Fsp3) is 0.647. The summed E-state index contributed by atoms with van der Waals surface area (Å²) in [5.74, 6) is 0. The van der Waals surface area contributed by atoms with E-state index in [9.17, 15) is 0 Å². The van der Waals surface area contributed by atoms with Gasteiger partial charge in [-0.3, -0.25) is 4.90 Å². The Bertz CT molecular complexity index is 442. The van der Waals surface area contributed by atoms with Crippen molar-refractivity contribution >= 4 is 21.6 Å². The van der Waals surface area contributed by atoms with E-state index in [4.69, 9.17) is 0 Å². The number of benzene rings is 1. The van der Waals surface area contributed by atoms with Crippen LogP contribution >= 0.6 is 15.9 Å². The van der Waals surface area contributed by atoms with Crippen LogP contribution in [0.15, 0.2) is 22.7 Å². The molecule has 1 fully saturated rings. The lowest BCUT2D eigenvalue weighted by molar-refractivity contribution is 0.192. The second-order valence-electron chi connectivity index (χ2n) is 5.83. The molecule has 1 aromatic carbocycles. The zero-order valence-electron chi connectivity index (χ0n) is 13.5. The first-order chi connectivity index (χ1) is 10.2. The maximum absolute atomic E-state index is 3.60. The number of nitrogens with zero attached hydrogens (tertiary/aromatic N) is 2. The summed E-state index contributed by atoms with van der Waals surface area (Å²) >= 11 is 3.60. The molecule has 0 amide bonds. The molecule has 0 spiro atoms. The van der Waals surface area contributed by atoms with Crippen LogP contribution in [0.4, 0.5) is 5.69 Å². The van der Waals surface area contributed by atoms with E-state index in [1.54, 1.807) is 0 Å². The van der Waals surface area contributed by atoms with Crippen molar-refractivity contribution in [1.29, 1.82) is 0 Å². The lowest BCUT2D eigenvalue weighted by Gasteiger charge is -2.39. The van der Waals surface area contributed by atoms with Gasteiger partial charge in [0.2, 0.25) is 0 Å².